The molecule has 0 aliphatic carbocycles. The number of hydrogen-bond acceptors (Lipinski definition) is 4. The lowest BCUT2D eigenvalue weighted by Gasteiger charge is -2.09. The molecule has 0 aliphatic rings. The van der Waals surface area contributed by atoms with Crippen LogP contribution in [0, 0.1) is 0 Å². The predicted molar refractivity (Wildman–Crippen MR) is 80.4 cm³/mol. The monoisotopic (exact) mass is 272 g/mol. The van der Waals surface area contributed by atoms with Crippen LogP contribution in [0.3, 0.4) is 0 Å². The van der Waals surface area contributed by atoms with Crippen molar-refractivity contribution in [2.24, 2.45) is 0 Å². The molecule has 106 valence electrons. The summed E-state index contributed by atoms with van der Waals surface area (Å²) in [6.45, 7) is 2.52. The molecule has 2 aromatic rings. The zero-order valence-corrected chi connectivity index (χ0v) is 11.6. The number of rotatable bonds is 7. The maximum absolute atomic E-state index is 11.2. The molecule has 0 saturated carbocycles. The molecule has 0 unspecified atom stereocenters. The van der Waals surface area contributed by atoms with Crippen molar-refractivity contribution >= 4 is 16.7 Å². The average molecular weight is 272 g/mol. The van der Waals surface area contributed by atoms with Crippen molar-refractivity contribution in [3.8, 4) is 0 Å². The van der Waals surface area contributed by atoms with Crippen LogP contribution >= 0.6 is 0 Å². The molecule has 1 heterocycles. The fraction of sp³-hybridized carbons (Fsp3) is 0.333. The molecule has 0 fully saturated rings. The van der Waals surface area contributed by atoms with Gasteiger partial charge >= 0.3 is 0 Å². The van der Waals surface area contributed by atoms with Gasteiger partial charge in [-0.15, -0.1) is 0 Å². The summed E-state index contributed by atoms with van der Waals surface area (Å²) >= 11 is 0. The van der Waals surface area contributed by atoms with Crippen LogP contribution in [-0.2, 0) is 11.3 Å². The Balaban J connectivity index is 1.80. The summed E-state index contributed by atoms with van der Waals surface area (Å²) in [7, 11) is 1.76. The summed E-state index contributed by atoms with van der Waals surface area (Å²) in [5.74, 6) is 0.0190. The van der Waals surface area contributed by atoms with E-state index in [0.29, 0.717) is 13.1 Å². The third kappa shape index (κ3) is 4.01. The van der Waals surface area contributed by atoms with Gasteiger partial charge in [0.05, 0.1) is 6.54 Å². The maximum atomic E-state index is 11.2. The molecule has 0 spiro atoms. The van der Waals surface area contributed by atoms with E-state index >= 15 is 0 Å². The molecule has 3 N–H and O–H groups in total. The van der Waals surface area contributed by atoms with Crippen LogP contribution in [0.2, 0.25) is 0 Å². The van der Waals surface area contributed by atoms with Crippen LogP contribution in [0.4, 0.5) is 0 Å². The molecule has 1 aromatic carbocycles. The van der Waals surface area contributed by atoms with Gasteiger partial charge in [-0.25, -0.2) is 0 Å². The number of carbonyl (C=O) groups excluding carboxylic acids is 1. The Morgan fingerprint density at radius 2 is 2.15 bits per heavy atom. The minimum Gasteiger partial charge on any atom is -0.354 e. The van der Waals surface area contributed by atoms with E-state index in [1.165, 1.54) is 10.9 Å². The first kappa shape index (κ1) is 14.4. The molecular formula is C15H20N4O. The summed E-state index contributed by atoms with van der Waals surface area (Å²) in [6, 6.07) is 8.23. The molecule has 5 nitrogen and oxygen atoms in total. The van der Waals surface area contributed by atoms with E-state index in [0.717, 1.165) is 18.5 Å². The maximum Gasteiger partial charge on any atom is 0.233 e. The molecule has 0 bridgehead atoms. The molecule has 2 rings (SSSR count). The SMILES string of the molecule is CNCC(=O)NCCNCc1cccc2cnccc12. The number of carbonyl (C=O) groups is 1. The van der Waals surface area contributed by atoms with E-state index in [-0.39, 0.29) is 5.91 Å². The second-order valence-electron chi connectivity index (χ2n) is 4.57. The van der Waals surface area contributed by atoms with Gasteiger partial charge < -0.3 is 16.0 Å². The number of hydrogen-bond donors (Lipinski definition) is 3. The lowest BCUT2D eigenvalue weighted by molar-refractivity contribution is -0.120. The van der Waals surface area contributed by atoms with Crippen LogP contribution in [0.25, 0.3) is 10.8 Å². The van der Waals surface area contributed by atoms with E-state index in [1.807, 2.05) is 24.5 Å². The summed E-state index contributed by atoms with van der Waals surface area (Å²) in [6.07, 6.45) is 3.68. The van der Waals surface area contributed by atoms with Crippen molar-refractivity contribution in [2.75, 3.05) is 26.7 Å². The van der Waals surface area contributed by atoms with Crippen molar-refractivity contribution in [1.82, 2.24) is 20.9 Å². The second-order valence-corrected chi connectivity index (χ2v) is 4.57. The van der Waals surface area contributed by atoms with Gasteiger partial charge in [0.15, 0.2) is 0 Å². The fourth-order valence-corrected chi connectivity index (χ4v) is 2.08. The van der Waals surface area contributed by atoms with Crippen LogP contribution in [0.15, 0.2) is 36.7 Å². The molecule has 20 heavy (non-hydrogen) atoms. The third-order valence-corrected chi connectivity index (χ3v) is 3.05. The molecule has 5 heteroatoms. The highest BCUT2D eigenvalue weighted by molar-refractivity contribution is 5.84. The van der Waals surface area contributed by atoms with Gasteiger partial charge in [0, 0.05) is 37.4 Å². The van der Waals surface area contributed by atoms with Crippen LogP contribution in [-0.4, -0.2) is 37.6 Å². The van der Waals surface area contributed by atoms with Gasteiger partial charge in [-0.3, -0.25) is 9.78 Å². The smallest absolute Gasteiger partial charge is 0.233 e. The number of aromatic nitrogens is 1. The Kier molecular flexibility index (Phi) is 5.46. The minimum atomic E-state index is 0.0190. The highest BCUT2D eigenvalue weighted by atomic mass is 16.1. The van der Waals surface area contributed by atoms with E-state index < -0.39 is 0 Å². The number of amides is 1. The van der Waals surface area contributed by atoms with Crippen molar-refractivity contribution in [3.63, 3.8) is 0 Å². The van der Waals surface area contributed by atoms with Crippen molar-refractivity contribution in [2.45, 2.75) is 6.54 Å². The highest BCUT2D eigenvalue weighted by Crippen LogP contribution is 2.16. The fourth-order valence-electron chi connectivity index (χ4n) is 2.08. The number of nitrogens with zero attached hydrogens (tertiary/aromatic N) is 1. The molecule has 0 atom stereocenters. The number of benzene rings is 1. The number of likely N-dealkylation sites (N-methyl/N-ethyl adjacent to an activating group) is 1. The zero-order chi connectivity index (χ0) is 14.2. The van der Waals surface area contributed by atoms with Crippen LogP contribution < -0.4 is 16.0 Å². The number of pyridine rings is 1. The Morgan fingerprint density at radius 1 is 1.25 bits per heavy atom. The van der Waals surface area contributed by atoms with Gasteiger partial charge in [-0.2, -0.15) is 0 Å². The van der Waals surface area contributed by atoms with Crippen molar-refractivity contribution in [3.05, 3.63) is 42.2 Å². The molecular weight excluding hydrogens is 252 g/mol. The molecule has 1 amide bonds. The normalized spacial score (nSPS) is 10.7. The van der Waals surface area contributed by atoms with Gasteiger partial charge in [0.2, 0.25) is 5.91 Å². The van der Waals surface area contributed by atoms with E-state index in [2.05, 4.69) is 33.1 Å². The van der Waals surface area contributed by atoms with E-state index in [4.69, 9.17) is 0 Å². The Labute approximate surface area is 118 Å². The highest BCUT2D eigenvalue weighted by Gasteiger charge is 2.00. The summed E-state index contributed by atoms with van der Waals surface area (Å²) in [5.41, 5.74) is 1.24. The Bertz CT molecular complexity index is 565. The molecule has 1 aromatic heterocycles. The average Bonchev–Trinajstić information content (AvgIpc) is 2.47. The summed E-state index contributed by atoms with van der Waals surface area (Å²) in [4.78, 5) is 15.4. The largest absolute Gasteiger partial charge is 0.354 e. The van der Waals surface area contributed by atoms with Gasteiger partial charge in [-0.1, -0.05) is 18.2 Å². The molecule has 0 aliphatic heterocycles. The molecule has 0 saturated heterocycles. The standard InChI is InChI=1S/C15H20N4O/c1-16-11-15(20)19-8-7-18-10-13-4-2-3-12-9-17-6-5-14(12)13/h2-6,9,16,18H,7-8,10-11H2,1H3,(H,19,20). The first-order chi connectivity index (χ1) is 9.81. The van der Waals surface area contributed by atoms with E-state index in [1.54, 1.807) is 7.05 Å². The van der Waals surface area contributed by atoms with Gasteiger partial charge in [0.1, 0.15) is 0 Å². The van der Waals surface area contributed by atoms with Crippen molar-refractivity contribution in [1.29, 1.82) is 0 Å². The quantitative estimate of drug-likeness (QED) is 0.648. The van der Waals surface area contributed by atoms with Crippen molar-refractivity contribution < 1.29 is 4.79 Å². The predicted octanol–water partition coefficient (Wildman–Crippen LogP) is 0.660. The van der Waals surface area contributed by atoms with Crippen LogP contribution in [0.5, 0.6) is 0 Å². The minimum absolute atomic E-state index is 0.0190. The zero-order valence-electron chi connectivity index (χ0n) is 11.6. The van der Waals surface area contributed by atoms with Crippen LogP contribution in [0.1, 0.15) is 5.56 Å². The second kappa shape index (κ2) is 7.57. The number of fused-ring (bicyclic) bond motifs is 1. The first-order valence-corrected chi connectivity index (χ1v) is 6.75. The third-order valence-electron chi connectivity index (χ3n) is 3.05. The topological polar surface area (TPSA) is 66.1 Å². The summed E-state index contributed by atoms with van der Waals surface area (Å²) < 4.78 is 0. The van der Waals surface area contributed by atoms with Gasteiger partial charge in [0.25, 0.3) is 0 Å². The lowest BCUT2D eigenvalue weighted by Crippen LogP contribution is -2.36. The Morgan fingerprint density at radius 3 is 3.00 bits per heavy atom. The lowest BCUT2D eigenvalue weighted by atomic mass is 10.1. The molecule has 0 radical (unpaired) electrons. The van der Waals surface area contributed by atoms with E-state index in [9.17, 15) is 4.79 Å². The Hall–Kier alpha value is -1.98. The van der Waals surface area contributed by atoms with Gasteiger partial charge in [-0.05, 0) is 24.1 Å². The summed E-state index contributed by atoms with van der Waals surface area (Å²) in [5, 5.41) is 11.3. The first-order valence-electron chi connectivity index (χ1n) is 6.75. The number of nitrogens with one attached hydrogen (secondary N) is 3.